The predicted molar refractivity (Wildman–Crippen MR) is 87.7 cm³/mol. The first kappa shape index (κ1) is 15.9. The number of hydrogen-bond donors (Lipinski definition) is 0. The van der Waals surface area contributed by atoms with Gasteiger partial charge in [0.15, 0.2) is 0 Å². The van der Waals surface area contributed by atoms with E-state index in [1.807, 2.05) is 18.2 Å². The summed E-state index contributed by atoms with van der Waals surface area (Å²) < 4.78 is 1.14. The third kappa shape index (κ3) is 3.19. The highest BCUT2D eigenvalue weighted by molar-refractivity contribution is 5.95. The number of carbonyl (C=O) groups is 2. The van der Waals surface area contributed by atoms with Crippen LogP contribution in [0.4, 0.5) is 0 Å². The van der Waals surface area contributed by atoms with E-state index in [0.29, 0.717) is 31.7 Å². The van der Waals surface area contributed by atoms with Gasteiger partial charge in [0.1, 0.15) is 5.69 Å². The van der Waals surface area contributed by atoms with Crippen LogP contribution in [0.3, 0.4) is 0 Å². The predicted octanol–water partition coefficient (Wildman–Crippen LogP) is 0.378. The quantitative estimate of drug-likeness (QED) is 0.799. The zero-order chi connectivity index (χ0) is 17.1. The fraction of sp³-hybridized carbons (Fsp3) is 0.294. The van der Waals surface area contributed by atoms with E-state index in [-0.39, 0.29) is 23.1 Å². The molecule has 1 aromatic carbocycles. The van der Waals surface area contributed by atoms with E-state index in [4.69, 9.17) is 0 Å². The summed E-state index contributed by atoms with van der Waals surface area (Å²) in [6, 6.07) is 11.9. The van der Waals surface area contributed by atoms with Gasteiger partial charge in [-0.3, -0.25) is 14.4 Å². The molecule has 0 atom stereocenters. The third-order valence-corrected chi connectivity index (χ3v) is 4.05. The van der Waals surface area contributed by atoms with Gasteiger partial charge in [0.25, 0.3) is 17.4 Å². The van der Waals surface area contributed by atoms with Gasteiger partial charge in [-0.25, -0.2) is 4.68 Å². The van der Waals surface area contributed by atoms with Crippen molar-refractivity contribution in [2.24, 2.45) is 7.05 Å². The number of aryl methyl sites for hydroxylation is 1. The lowest BCUT2D eigenvalue weighted by molar-refractivity contribution is 0.0531. The molecule has 0 bridgehead atoms. The molecule has 0 N–H and O–H groups in total. The monoisotopic (exact) mass is 326 g/mol. The van der Waals surface area contributed by atoms with Crippen LogP contribution < -0.4 is 5.56 Å². The molecule has 1 saturated heterocycles. The second-order valence-electron chi connectivity index (χ2n) is 5.63. The highest BCUT2D eigenvalue weighted by Gasteiger charge is 2.26. The van der Waals surface area contributed by atoms with E-state index in [0.717, 1.165) is 4.68 Å². The van der Waals surface area contributed by atoms with Gasteiger partial charge < -0.3 is 9.80 Å². The molecule has 1 aliphatic heterocycles. The van der Waals surface area contributed by atoms with E-state index in [2.05, 4.69) is 5.10 Å². The molecule has 0 spiro atoms. The first-order valence-electron chi connectivity index (χ1n) is 7.74. The number of nitrogens with zero attached hydrogens (tertiary/aromatic N) is 4. The van der Waals surface area contributed by atoms with E-state index in [1.165, 1.54) is 19.2 Å². The Kier molecular flexibility index (Phi) is 4.41. The van der Waals surface area contributed by atoms with Crippen molar-refractivity contribution in [2.75, 3.05) is 26.2 Å². The van der Waals surface area contributed by atoms with Crippen molar-refractivity contribution in [1.29, 1.82) is 0 Å². The lowest BCUT2D eigenvalue weighted by Gasteiger charge is -2.34. The SMILES string of the molecule is Cn1nc(C(=O)N2CCN(C(=O)c3ccccc3)CC2)ccc1=O. The zero-order valence-corrected chi connectivity index (χ0v) is 13.4. The molecule has 2 heterocycles. The van der Waals surface area contributed by atoms with E-state index >= 15 is 0 Å². The van der Waals surface area contributed by atoms with Gasteiger partial charge in [-0.15, -0.1) is 0 Å². The summed E-state index contributed by atoms with van der Waals surface area (Å²) in [7, 11) is 1.51. The number of benzene rings is 1. The fourth-order valence-corrected chi connectivity index (χ4v) is 2.65. The average Bonchev–Trinajstić information content (AvgIpc) is 2.63. The Morgan fingerprint density at radius 3 is 2.04 bits per heavy atom. The minimum Gasteiger partial charge on any atom is -0.335 e. The molecule has 2 amide bonds. The van der Waals surface area contributed by atoms with Crippen LogP contribution in [0, 0.1) is 0 Å². The van der Waals surface area contributed by atoms with Gasteiger partial charge in [0, 0.05) is 44.9 Å². The summed E-state index contributed by atoms with van der Waals surface area (Å²) in [4.78, 5) is 39.6. The molecule has 0 unspecified atom stereocenters. The smallest absolute Gasteiger partial charge is 0.274 e. The Labute approximate surface area is 139 Å². The molecule has 1 fully saturated rings. The minimum atomic E-state index is -0.259. The van der Waals surface area contributed by atoms with Crippen molar-refractivity contribution in [2.45, 2.75) is 0 Å². The molecule has 0 radical (unpaired) electrons. The number of rotatable bonds is 2. The first-order chi connectivity index (χ1) is 11.6. The fourth-order valence-electron chi connectivity index (χ4n) is 2.65. The second kappa shape index (κ2) is 6.66. The lowest BCUT2D eigenvalue weighted by Crippen LogP contribution is -2.50. The van der Waals surface area contributed by atoms with Crippen molar-refractivity contribution in [3.63, 3.8) is 0 Å². The molecule has 24 heavy (non-hydrogen) atoms. The van der Waals surface area contributed by atoms with Crippen LogP contribution in [0.15, 0.2) is 47.3 Å². The van der Waals surface area contributed by atoms with Gasteiger partial charge in [-0.1, -0.05) is 18.2 Å². The van der Waals surface area contributed by atoms with Crippen molar-refractivity contribution in [3.05, 3.63) is 64.1 Å². The maximum absolute atomic E-state index is 12.5. The van der Waals surface area contributed by atoms with Crippen LogP contribution in [0.2, 0.25) is 0 Å². The van der Waals surface area contributed by atoms with Crippen LogP contribution in [0.25, 0.3) is 0 Å². The summed E-state index contributed by atoms with van der Waals surface area (Å²) in [6.07, 6.45) is 0. The lowest BCUT2D eigenvalue weighted by atomic mass is 10.2. The first-order valence-corrected chi connectivity index (χ1v) is 7.74. The Hall–Kier alpha value is -2.96. The number of hydrogen-bond acceptors (Lipinski definition) is 4. The highest BCUT2D eigenvalue weighted by Crippen LogP contribution is 2.10. The number of piperazine rings is 1. The Balaban J connectivity index is 1.64. The average molecular weight is 326 g/mol. The molecule has 1 aliphatic rings. The molecule has 1 aromatic heterocycles. The molecule has 124 valence electrons. The summed E-state index contributed by atoms with van der Waals surface area (Å²) in [6.45, 7) is 1.85. The largest absolute Gasteiger partial charge is 0.335 e. The molecular weight excluding hydrogens is 308 g/mol. The van der Waals surface area contributed by atoms with Gasteiger partial charge in [-0.2, -0.15) is 5.10 Å². The van der Waals surface area contributed by atoms with Gasteiger partial charge in [0.05, 0.1) is 0 Å². The zero-order valence-electron chi connectivity index (χ0n) is 13.4. The van der Waals surface area contributed by atoms with Crippen molar-refractivity contribution >= 4 is 11.8 Å². The van der Waals surface area contributed by atoms with Gasteiger partial charge in [0.2, 0.25) is 0 Å². The summed E-state index contributed by atoms with van der Waals surface area (Å²) in [5, 5.41) is 3.98. The van der Waals surface area contributed by atoms with Gasteiger partial charge >= 0.3 is 0 Å². The van der Waals surface area contributed by atoms with Crippen LogP contribution >= 0.6 is 0 Å². The van der Waals surface area contributed by atoms with E-state index in [1.54, 1.807) is 21.9 Å². The standard InChI is InChI=1S/C17H18N4O3/c1-19-15(22)8-7-14(18-19)17(24)21-11-9-20(10-12-21)16(23)13-5-3-2-4-6-13/h2-8H,9-12H2,1H3. The Bertz CT molecular complexity index is 808. The topological polar surface area (TPSA) is 75.5 Å². The second-order valence-corrected chi connectivity index (χ2v) is 5.63. The van der Waals surface area contributed by atoms with Crippen LogP contribution in [0.5, 0.6) is 0 Å². The van der Waals surface area contributed by atoms with Gasteiger partial charge in [-0.05, 0) is 18.2 Å². The summed E-state index contributed by atoms with van der Waals surface area (Å²) in [5.74, 6) is -0.250. The molecule has 0 aliphatic carbocycles. The van der Waals surface area contributed by atoms with Crippen LogP contribution in [-0.4, -0.2) is 57.6 Å². The summed E-state index contributed by atoms with van der Waals surface area (Å²) >= 11 is 0. The molecule has 7 nitrogen and oxygen atoms in total. The Morgan fingerprint density at radius 2 is 1.46 bits per heavy atom. The Morgan fingerprint density at radius 1 is 0.875 bits per heavy atom. The van der Waals surface area contributed by atoms with Crippen molar-refractivity contribution < 1.29 is 9.59 Å². The third-order valence-electron chi connectivity index (χ3n) is 4.05. The maximum Gasteiger partial charge on any atom is 0.274 e. The molecule has 3 rings (SSSR count). The minimum absolute atomic E-state index is 0.0251. The summed E-state index contributed by atoms with van der Waals surface area (Å²) in [5.41, 5.74) is 0.627. The normalized spacial score (nSPS) is 14.5. The number of carbonyl (C=O) groups excluding carboxylic acids is 2. The molecular formula is C17H18N4O3. The van der Waals surface area contributed by atoms with Crippen LogP contribution in [-0.2, 0) is 7.05 Å². The van der Waals surface area contributed by atoms with Crippen molar-refractivity contribution in [3.8, 4) is 0 Å². The van der Waals surface area contributed by atoms with Crippen LogP contribution in [0.1, 0.15) is 20.8 Å². The number of aromatic nitrogens is 2. The molecule has 2 aromatic rings. The molecule has 7 heteroatoms. The highest BCUT2D eigenvalue weighted by atomic mass is 16.2. The maximum atomic E-state index is 12.5. The molecule has 0 saturated carbocycles. The number of amides is 2. The van der Waals surface area contributed by atoms with Crippen molar-refractivity contribution in [1.82, 2.24) is 19.6 Å². The van der Waals surface area contributed by atoms with E-state index in [9.17, 15) is 14.4 Å². The van der Waals surface area contributed by atoms with E-state index < -0.39 is 0 Å².